The molecule has 0 radical (unpaired) electrons. The van der Waals surface area contributed by atoms with Crippen LogP contribution in [0.2, 0.25) is 0 Å². The van der Waals surface area contributed by atoms with E-state index in [4.69, 9.17) is 5.73 Å². The third kappa shape index (κ3) is 6.62. The summed E-state index contributed by atoms with van der Waals surface area (Å²) in [5, 5.41) is 0. The van der Waals surface area contributed by atoms with Gasteiger partial charge in [0.25, 0.3) is 0 Å². The van der Waals surface area contributed by atoms with E-state index >= 15 is 0 Å². The van der Waals surface area contributed by atoms with Crippen LogP contribution < -0.4 is 5.73 Å². The van der Waals surface area contributed by atoms with Gasteiger partial charge in [0.05, 0.1) is 5.92 Å². The molecule has 0 aromatic rings. The highest BCUT2D eigenvalue weighted by Crippen LogP contribution is 2.20. The van der Waals surface area contributed by atoms with Crippen molar-refractivity contribution in [1.29, 1.82) is 0 Å². The van der Waals surface area contributed by atoms with E-state index < -0.39 is 0 Å². The lowest BCUT2D eigenvalue weighted by atomic mass is 10.1. The quantitative estimate of drug-likeness (QED) is 0.732. The van der Waals surface area contributed by atoms with Gasteiger partial charge in [-0.2, -0.15) is 0 Å². The Morgan fingerprint density at radius 1 is 1.50 bits per heavy atom. The second kappa shape index (κ2) is 10.2. The highest BCUT2D eigenvalue weighted by Gasteiger charge is 2.12. The van der Waals surface area contributed by atoms with E-state index in [0.717, 1.165) is 4.91 Å². The van der Waals surface area contributed by atoms with E-state index in [1.54, 1.807) is 19.9 Å². The van der Waals surface area contributed by atoms with Gasteiger partial charge in [0.2, 0.25) is 5.91 Å². The monoisotopic (exact) mass is 213 g/mol. The Hall–Kier alpha value is -0.880. The van der Waals surface area contributed by atoms with Crippen LogP contribution in [0.4, 0.5) is 0 Å². The lowest BCUT2D eigenvalue weighted by Crippen LogP contribution is -2.21. The molecular formula is C11H19NOS. The van der Waals surface area contributed by atoms with Crippen molar-refractivity contribution in [2.75, 3.05) is 6.26 Å². The topological polar surface area (TPSA) is 43.1 Å². The number of carbonyl (C=O) groups is 1. The van der Waals surface area contributed by atoms with Crippen LogP contribution in [-0.4, -0.2) is 12.2 Å². The van der Waals surface area contributed by atoms with Crippen molar-refractivity contribution in [3.05, 3.63) is 11.0 Å². The molecule has 0 spiro atoms. The molecule has 0 heterocycles. The molecule has 1 amide bonds. The normalized spacial score (nSPS) is 11.6. The summed E-state index contributed by atoms with van der Waals surface area (Å²) < 4.78 is 0. The molecule has 0 aromatic carbocycles. The first-order chi connectivity index (χ1) is 6.63. The summed E-state index contributed by atoms with van der Waals surface area (Å²) in [6.45, 7) is 7.53. The summed E-state index contributed by atoms with van der Waals surface area (Å²) in [5.41, 5.74) is 5.14. The molecule has 2 N–H and O–H groups in total. The molecule has 1 atom stereocenters. The molecule has 0 fully saturated rings. The Morgan fingerprint density at radius 2 is 2.00 bits per heavy atom. The first kappa shape index (κ1) is 15.6. The van der Waals surface area contributed by atoms with Crippen molar-refractivity contribution >= 4 is 17.7 Å². The zero-order valence-electron chi connectivity index (χ0n) is 9.55. The molecule has 2 nitrogen and oxygen atoms in total. The van der Waals surface area contributed by atoms with E-state index in [-0.39, 0.29) is 11.8 Å². The summed E-state index contributed by atoms with van der Waals surface area (Å²) in [6, 6.07) is 0. The molecule has 0 rings (SSSR count). The van der Waals surface area contributed by atoms with Crippen molar-refractivity contribution in [1.82, 2.24) is 0 Å². The molecule has 1 unspecified atom stereocenters. The van der Waals surface area contributed by atoms with Crippen molar-refractivity contribution in [3.63, 3.8) is 0 Å². The molecule has 0 aliphatic heterocycles. The Kier molecular flexibility index (Phi) is 11.4. The summed E-state index contributed by atoms with van der Waals surface area (Å²) in [7, 11) is 0. The molecule has 0 saturated heterocycles. The zero-order chi connectivity index (χ0) is 11.6. The lowest BCUT2D eigenvalue weighted by molar-refractivity contribution is -0.120. The molecular weight excluding hydrogens is 194 g/mol. The van der Waals surface area contributed by atoms with Crippen LogP contribution in [0.1, 0.15) is 27.7 Å². The second-order valence-electron chi connectivity index (χ2n) is 2.27. The first-order valence-electron chi connectivity index (χ1n) is 4.59. The maximum atomic E-state index is 10.8. The predicted octanol–water partition coefficient (Wildman–Crippen LogP) is 2.40. The number of rotatable bonds is 3. The fourth-order valence-corrected chi connectivity index (χ4v) is 1.29. The van der Waals surface area contributed by atoms with E-state index in [0.29, 0.717) is 0 Å². The van der Waals surface area contributed by atoms with Gasteiger partial charge in [0.15, 0.2) is 0 Å². The number of nitrogens with two attached hydrogens (primary N) is 1. The first-order valence-corrected chi connectivity index (χ1v) is 5.81. The second-order valence-corrected chi connectivity index (χ2v) is 3.15. The van der Waals surface area contributed by atoms with Crippen molar-refractivity contribution in [2.45, 2.75) is 27.7 Å². The molecule has 80 valence electrons. The maximum Gasteiger partial charge on any atom is 0.225 e. The Labute approximate surface area is 91.3 Å². The van der Waals surface area contributed by atoms with Crippen LogP contribution in [0.25, 0.3) is 0 Å². The molecule has 0 bridgehead atoms. The molecule has 0 saturated carbocycles. The van der Waals surface area contributed by atoms with Gasteiger partial charge in [-0.15, -0.1) is 17.7 Å². The smallest absolute Gasteiger partial charge is 0.225 e. The number of primary amides is 1. The van der Waals surface area contributed by atoms with Crippen LogP contribution >= 0.6 is 11.8 Å². The van der Waals surface area contributed by atoms with Gasteiger partial charge in [-0.05, 0) is 26.2 Å². The van der Waals surface area contributed by atoms with Crippen LogP contribution in [0, 0.1) is 17.8 Å². The minimum atomic E-state index is -0.312. The van der Waals surface area contributed by atoms with Gasteiger partial charge >= 0.3 is 0 Å². The molecule has 0 aliphatic carbocycles. The third-order valence-corrected chi connectivity index (χ3v) is 2.39. The van der Waals surface area contributed by atoms with Gasteiger partial charge in [0, 0.05) is 4.91 Å². The van der Waals surface area contributed by atoms with Crippen LogP contribution in [0.3, 0.4) is 0 Å². The average molecular weight is 213 g/mol. The number of amides is 1. The van der Waals surface area contributed by atoms with Gasteiger partial charge in [-0.1, -0.05) is 19.8 Å². The van der Waals surface area contributed by atoms with E-state index in [1.807, 2.05) is 20.1 Å². The minimum Gasteiger partial charge on any atom is -0.369 e. The highest BCUT2D eigenvalue weighted by molar-refractivity contribution is 8.02. The number of thioether (sulfide) groups is 1. The molecule has 14 heavy (non-hydrogen) atoms. The summed E-state index contributed by atoms with van der Waals surface area (Å²) in [5.74, 6) is 4.98. The third-order valence-electron chi connectivity index (χ3n) is 1.45. The van der Waals surface area contributed by atoms with Crippen molar-refractivity contribution < 1.29 is 4.79 Å². The van der Waals surface area contributed by atoms with Crippen molar-refractivity contribution in [3.8, 4) is 11.8 Å². The van der Waals surface area contributed by atoms with Crippen LogP contribution in [-0.2, 0) is 4.79 Å². The maximum absolute atomic E-state index is 10.8. The fourth-order valence-electron chi connectivity index (χ4n) is 0.644. The van der Waals surface area contributed by atoms with E-state index in [1.165, 1.54) is 11.8 Å². The largest absolute Gasteiger partial charge is 0.369 e. The Morgan fingerprint density at radius 3 is 2.29 bits per heavy atom. The van der Waals surface area contributed by atoms with Gasteiger partial charge in [0.1, 0.15) is 0 Å². The molecule has 3 heteroatoms. The standard InChI is InChI=1S/C9H13NOS.C2H6/c1-4-5-6-8(12-3)7(2)9(10)11;1-2/h6-7H,1-3H3,(H2,10,11);1-2H3/b8-6-;. The molecule has 0 aliphatic rings. The van der Waals surface area contributed by atoms with E-state index in [2.05, 4.69) is 11.8 Å². The van der Waals surface area contributed by atoms with Crippen LogP contribution in [0.15, 0.2) is 11.0 Å². The number of hydrogen-bond acceptors (Lipinski definition) is 2. The van der Waals surface area contributed by atoms with Crippen molar-refractivity contribution in [2.24, 2.45) is 11.7 Å². The number of allylic oxidation sites excluding steroid dienone is 1. The molecule has 0 aromatic heterocycles. The number of hydrogen-bond donors (Lipinski definition) is 1. The summed E-state index contributed by atoms with van der Waals surface area (Å²) in [4.78, 5) is 11.7. The van der Waals surface area contributed by atoms with Gasteiger partial charge in [-0.25, -0.2) is 0 Å². The fraction of sp³-hybridized carbons (Fsp3) is 0.545. The average Bonchev–Trinajstić information content (AvgIpc) is 2.21. The van der Waals surface area contributed by atoms with E-state index in [9.17, 15) is 4.79 Å². The highest BCUT2D eigenvalue weighted by atomic mass is 32.2. The Bertz CT molecular complexity index is 248. The Balaban J connectivity index is 0. The number of carbonyl (C=O) groups excluding carboxylic acids is 1. The minimum absolute atomic E-state index is 0.235. The lowest BCUT2D eigenvalue weighted by Gasteiger charge is -2.07. The summed E-state index contributed by atoms with van der Waals surface area (Å²) >= 11 is 1.50. The SMILES string of the molecule is CC.CC#C/C=C(\SC)C(C)C(N)=O. The van der Waals surface area contributed by atoms with Gasteiger partial charge in [-0.3, -0.25) is 4.79 Å². The van der Waals surface area contributed by atoms with Gasteiger partial charge < -0.3 is 5.73 Å². The predicted molar refractivity (Wildman–Crippen MR) is 64.8 cm³/mol. The zero-order valence-corrected chi connectivity index (χ0v) is 10.4. The van der Waals surface area contributed by atoms with Crippen LogP contribution in [0.5, 0.6) is 0 Å². The summed E-state index contributed by atoms with van der Waals surface area (Å²) in [6.07, 6.45) is 3.64.